The van der Waals surface area contributed by atoms with E-state index in [9.17, 15) is 13.2 Å². The summed E-state index contributed by atoms with van der Waals surface area (Å²) in [4.78, 5) is 14.6. The fraction of sp³-hybridized carbons (Fsp3) is 0.611. The Morgan fingerprint density at radius 1 is 1.19 bits per heavy atom. The zero-order valence-corrected chi connectivity index (χ0v) is 16.2. The molecule has 1 aromatic carbocycles. The standard InChI is InChI=1S/C18H29N3O4S/c1-2-3-4-8-20-26(23,24)17-7-5-6-16(15-17)18(22)19-9-10-21-11-13-25-14-12-21/h5-7,15,20H,2-4,8-14H2,1H3,(H,19,22). The molecule has 8 heteroatoms. The molecule has 0 spiro atoms. The van der Waals surface area contributed by atoms with Crippen LogP contribution >= 0.6 is 0 Å². The first kappa shape index (κ1) is 20.8. The molecule has 146 valence electrons. The largest absolute Gasteiger partial charge is 0.379 e. The molecule has 0 atom stereocenters. The van der Waals surface area contributed by atoms with E-state index in [1.807, 2.05) is 0 Å². The van der Waals surface area contributed by atoms with E-state index in [-0.39, 0.29) is 10.8 Å². The summed E-state index contributed by atoms with van der Waals surface area (Å²) in [6, 6.07) is 6.15. The lowest BCUT2D eigenvalue weighted by atomic mass is 10.2. The number of benzene rings is 1. The van der Waals surface area contributed by atoms with Crippen molar-refractivity contribution < 1.29 is 17.9 Å². The van der Waals surface area contributed by atoms with Crippen LogP contribution in [-0.4, -0.2) is 65.2 Å². The van der Waals surface area contributed by atoms with Gasteiger partial charge < -0.3 is 10.1 Å². The highest BCUT2D eigenvalue weighted by Crippen LogP contribution is 2.12. The van der Waals surface area contributed by atoms with E-state index in [1.54, 1.807) is 12.1 Å². The average molecular weight is 384 g/mol. The van der Waals surface area contributed by atoms with Crippen LogP contribution in [0.25, 0.3) is 0 Å². The third kappa shape index (κ3) is 6.68. The fourth-order valence-corrected chi connectivity index (χ4v) is 3.84. The molecule has 1 amide bonds. The minimum absolute atomic E-state index is 0.120. The second kappa shape index (κ2) is 10.6. The summed E-state index contributed by atoms with van der Waals surface area (Å²) in [5.74, 6) is -0.263. The molecule has 1 aliphatic rings. The number of nitrogens with zero attached hydrogens (tertiary/aromatic N) is 1. The van der Waals surface area contributed by atoms with Crippen molar-refractivity contribution in [1.82, 2.24) is 14.9 Å². The third-order valence-corrected chi connectivity index (χ3v) is 5.75. The van der Waals surface area contributed by atoms with Gasteiger partial charge in [-0.25, -0.2) is 13.1 Å². The minimum atomic E-state index is -3.59. The third-order valence-electron chi connectivity index (χ3n) is 4.30. The monoisotopic (exact) mass is 383 g/mol. The molecule has 0 aromatic heterocycles. The smallest absolute Gasteiger partial charge is 0.251 e. The Kier molecular flexibility index (Phi) is 8.50. The molecule has 0 unspecified atom stereocenters. The molecule has 0 radical (unpaired) electrons. The maximum absolute atomic E-state index is 12.3. The zero-order valence-electron chi connectivity index (χ0n) is 15.4. The Balaban J connectivity index is 1.87. The maximum atomic E-state index is 12.3. The predicted octanol–water partition coefficient (Wildman–Crippen LogP) is 1.22. The van der Waals surface area contributed by atoms with Crippen LogP contribution in [0, 0.1) is 0 Å². The van der Waals surface area contributed by atoms with Gasteiger partial charge in [0.05, 0.1) is 18.1 Å². The number of rotatable bonds is 10. The molecule has 26 heavy (non-hydrogen) atoms. The van der Waals surface area contributed by atoms with Gasteiger partial charge in [0.2, 0.25) is 10.0 Å². The molecule has 0 aliphatic carbocycles. The van der Waals surface area contributed by atoms with Crippen LogP contribution < -0.4 is 10.0 Å². The summed E-state index contributed by atoms with van der Waals surface area (Å²) in [5, 5.41) is 2.85. The van der Waals surface area contributed by atoms with E-state index in [4.69, 9.17) is 4.74 Å². The lowest BCUT2D eigenvalue weighted by Gasteiger charge is -2.26. The van der Waals surface area contributed by atoms with Crippen LogP contribution in [0.3, 0.4) is 0 Å². The van der Waals surface area contributed by atoms with E-state index < -0.39 is 10.0 Å². The van der Waals surface area contributed by atoms with Gasteiger partial charge >= 0.3 is 0 Å². The number of unbranched alkanes of at least 4 members (excludes halogenated alkanes) is 2. The van der Waals surface area contributed by atoms with Gasteiger partial charge in [0.15, 0.2) is 0 Å². The van der Waals surface area contributed by atoms with E-state index in [0.29, 0.717) is 18.7 Å². The number of hydrogen-bond acceptors (Lipinski definition) is 5. The van der Waals surface area contributed by atoms with Crippen LogP contribution in [0.15, 0.2) is 29.2 Å². The topological polar surface area (TPSA) is 87.7 Å². The van der Waals surface area contributed by atoms with Crippen molar-refractivity contribution in [2.24, 2.45) is 0 Å². The second-order valence-corrected chi connectivity index (χ2v) is 8.11. The number of ether oxygens (including phenoxy) is 1. The molecule has 1 aromatic rings. The Bertz CT molecular complexity index is 673. The van der Waals surface area contributed by atoms with E-state index in [2.05, 4.69) is 21.9 Å². The van der Waals surface area contributed by atoms with Crippen molar-refractivity contribution in [1.29, 1.82) is 0 Å². The van der Waals surface area contributed by atoms with Crippen molar-refractivity contribution in [3.8, 4) is 0 Å². The molecule has 1 fully saturated rings. The Morgan fingerprint density at radius 3 is 2.69 bits per heavy atom. The summed E-state index contributed by atoms with van der Waals surface area (Å²) in [5.41, 5.74) is 0.350. The lowest BCUT2D eigenvalue weighted by Crippen LogP contribution is -2.41. The van der Waals surface area contributed by atoms with Crippen molar-refractivity contribution in [2.75, 3.05) is 45.9 Å². The normalized spacial score (nSPS) is 15.7. The predicted molar refractivity (Wildman–Crippen MR) is 101 cm³/mol. The summed E-state index contributed by atoms with van der Waals surface area (Å²) in [6.07, 6.45) is 2.81. The molecule has 7 nitrogen and oxygen atoms in total. The van der Waals surface area contributed by atoms with Crippen molar-refractivity contribution in [2.45, 2.75) is 31.1 Å². The van der Waals surface area contributed by atoms with Crippen molar-refractivity contribution in [3.63, 3.8) is 0 Å². The number of morpholine rings is 1. The molecule has 2 N–H and O–H groups in total. The van der Waals surface area contributed by atoms with Crippen molar-refractivity contribution in [3.05, 3.63) is 29.8 Å². The molecular weight excluding hydrogens is 354 g/mol. The quantitative estimate of drug-likeness (QED) is 0.593. The average Bonchev–Trinajstić information content (AvgIpc) is 2.66. The van der Waals surface area contributed by atoms with Gasteiger partial charge in [-0.2, -0.15) is 0 Å². The number of carbonyl (C=O) groups excluding carboxylic acids is 1. The van der Waals surface area contributed by atoms with Gasteiger partial charge in [-0.1, -0.05) is 25.8 Å². The van der Waals surface area contributed by atoms with Crippen LogP contribution in [0.5, 0.6) is 0 Å². The Labute approximate surface area is 156 Å². The number of sulfonamides is 1. The lowest BCUT2D eigenvalue weighted by molar-refractivity contribution is 0.0383. The minimum Gasteiger partial charge on any atom is -0.379 e. The summed E-state index contributed by atoms with van der Waals surface area (Å²) >= 11 is 0. The van der Waals surface area contributed by atoms with Gasteiger partial charge in [-0.3, -0.25) is 9.69 Å². The first-order valence-corrected chi connectivity index (χ1v) is 10.7. The second-order valence-electron chi connectivity index (χ2n) is 6.34. The van der Waals surface area contributed by atoms with Gasteiger partial charge in [0, 0.05) is 38.3 Å². The molecule has 0 saturated carbocycles. The molecule has 1 saturated heterocycles. The molecule has 1 heterocycles. The van der Waals surface area contributed by atoms with Crippen molar-refractivity contribution >= 4 is 15.9 Å². The molecule has 1 aliphatic heterocycles. The van der Waals surface area contributed by atoms with Crippen LogP contribution in [-0.2, 0) is 14.8 Å². The highest BCUT2D eigenvalue weighted by atomic mass is 32.2. The van der Waals surface area contributed by atoms with Gasteiger partial charge in [-0.05, 0) is 24.6 Å². The number of amides is 1. The Hall–Kier alpha value is -1.48. The maximum Gasteiger partial charge on any atom is 0.251 e. The van der Waals surface area contributed by atoms with Crippen LogP contribution in [0.4, 0.5) is 0 Å². The van der Waals surface area contributed by atoms with E-state index in [1.165, 1.54) is 12.1 Å². The summed E-state index contributed by atoms with van der Waals surface area (Å²) in [6.45, 7) is 6.93. The fourth-order valence-electron chi connectivity index (χ4n) is 2.72. The zero-order chi connectivity index (χ0) is 18.8. The molecule has 0 bridgehead atoms. The SMILES string of the molecule is CCCCCNS(=O)(=O)c1cccc(C(=O)NCCN2CCOCC2)c1. The van der Waals surface area contributed by atoms with E-state index in [0.717, 1.165) is 52.1 Å². The molecular formula is C18H29N3O4S. The number of nitrogens with one attached hydrogen (secondary N) is 2. The van der Waals surface area contributed by atoms with Gasteiger partial charge in [-0.15, -0.1) is 0 Å². The van der Waals surface area contributed by atoms with Crippen LogP contribution in [0.2, 0.25) is 0 Å². The number of carbonyl (C=O) groups is 1. The van der Waals surface area contributed by atoms with E-state index >= 15 is 0 Å². The summed E-state index contributed by atoms with van der Waals surface area (Å²) in [7, 11) is -3.59. The first-order chi connectivity index (χ1) is 12.5. The first-order valence-electron chi connectivity index (χ1n) is 9.21. The number of hydrogen-bond donors (Lipinski definition) is 2. The highest BCUT2D eigenvalue weighted by Gasteiger charge is 2.16. The van der Waals surface area contributed by atoms with Crippen LogP contribution in [0.1, 0.15) is 36.5 Å². The van der Waals surface area contributed by atoms with Gasteiger partial charge in [0.25, 0.3) is 5.91 Å². The highest BCUT2D eigenvalue weighted by molar-refractivity contribution is 7.89. The Morgan fingerprint density at radius 2 is 1.96 bits per heavy atom. The summed E-state index contributed by atoms with van der Waals surface area (Å²) < 4.78 is 32.5. The molecule has 2 rings (SSSR count). The van der Waals surface area contributed by atoms with Gasteiger partial charge in [0.1, 0.15) is 0 Å².